The van der Waals surface area contributed by atoms with E-state index in [4.69, 9.17) is 0 Å². The van der Waals surface area contributed by atoms with Crippen LogP contribution in [0.5, 0.6) is 0 Å². The summed E-state index contributed by atoms with van der Waals surface area (Å²) in [4.78, 5) is 0. The van der Waals surface area contributed by atoms with Crippen LogP contribution in [0.25, 0.3) is 0 Å². The van der Waals surface area contributed by atoms with Crippen molar-refractivity contribution in [1.29, 1.82) is 0 Å². The maximum Gasteiger partial charge on any atom is 0.470 e. The quantitative estimate of drug-likeness (QED) is 0.487. The van der Waals surface area contributed by atoms with Crippen LogP contribution in [0.2, 0.25) is 0 Å². The summed E-state index contributed by atoms with van der Waals surface area (Å²) >= 11 is 0. The summed E-state index contributed by atoms with van der Waals surface area (Å²) in [6.07, 6.45) is 0. The SMILES string of the molecule is O=S(=O)([C-]1S(=O)(=O)C(F)(F)C(F)(F)S1(=O)=O)C(F)(F)F. The summed E-state index contributed by atoms with van der Waals surface area (Å²) in [6, 6.07) is 0. The summed E-state index contributed by atoms with van der Waals surface area (Å²) in [5, 5.41) is -13.1. The molecule has 1 saturated heterocycles. The number of hydrogen-bond acceptors (Lipinski definition) is 6. The van der Waals surface area contributed by atoms with E-state index >= 15 is 0 Å². The lowest BCUT2D eigenvalue weighted by molar-refractivity contribution is -0.0920. The average molecular weight is 373 g/mol. The Kier molecular flexibility index (Phi) is 3.27. The van der Waals surface area contributed by atoms with Gasteiger partial charge in [0.25, 0.3) is 0 Å². The molecule has 0 aliphatic carbocycles. The van der Waals surface area contributed by atoms with Crippen molar-refractivity contribution in [2.75, 3.05) is 0 Å². The maximum atomic E-state index is 12.8. The van der Waals surface area contributed by atoms with Crippen LogP contribution in [0.4, 0.5) is 30.7 Å². The Hall–Kier alpha value is -0.640. The van der Waals surface area contributed by atoms with Gasteiger partial charge in [-0.15, -0.1) is 0 Å². The fourth-order valence-corrected chi connectivity index (χ4v) is 8.23. The topological polar surface area (TPSA) is 102 Å². The molecule has 0 N–H and O–H groups in total. The third kappa shape index (κ3) is 1.63. The molecule has 1 aliphatic heterocycles. The van der Waals surface area contributed by atoms with E-state index in [1.165, 1.54) is 0 Å². The van der Waals surface area contributed by atoms with Crippen molar-refractivity contribution >= 4 is 29.5 Å². The Labute approximate surface area is 106 Å². The molecule has 16 heteroatoms. The first-order valence-corrected chi connectivity index (χ1v) is 8.25. The number of rotatable bonds is 1. The predicted molar refractivity (Wildman–Crippen MR) is 46.0 cm³/mol. The van der Waals surface area contributed by atoms with Crippen molar-refractivity contribution in [2.45, 2.75) is 16.0 Å². The monoisotopic (exact) mass is 373 g/mol. The van der Waals surface area contributed by atoms with Crippen molar-refractivity contribution in [3.05, 3.63) is 3.91 Å². The summed E-state index contributed by atoms with van der Waals surface area (Å²) in [7, 11) is -22.0. The van der Waals surface area contributed by atoms with Crippen LogP contribution >= 0.6 is 0 Å². The number of sulfone groups is 3. The van der Waals surface area contributed by atoms with Gasteiger partial charge in [0.2, 0.25) is 0 Å². The van der Waals surface area contributed by atoms with Crippen LogP contribution in [-0.4, -0.2) is 41.3 Å². The zero-order valence-electron chi connectivity index (χ0n) is 8.32. The number of alkyl halides is 7. The van der Waals surface area contributed by atoms with Gasteiger partial charge in [0.15, 0.2) is 9.84 Å². The Balaban J connectivity index is 3.94. The molecule has 0 saturated carbocycles. The molecule has 1 rings (SSSR count). The Morgan fingerprint density at radius 3 is 1.25 bits per heavy atom. The van der Waals surface area contributed by atoms with Crippen LogP contribution in [-0.2, 0) is 29.5 Å². The third-order valence-corrected chi connectivity index (χ3v) is 9.84. The van der Waals surface area contributed by atoms with Crippen molar-refractivity contribution in [3.8, 4) is 0 Å². The molecule has 0 atom stereocenters. The molecule has 1 heterocycles. The van der Waals surface area contributed by atoms with Gasteiger partial charge in [-0.05, 0) is 0 Å². The fraction of sp³-hybridized carbons (Fsp3) is 0.750. The summed E-state index contributed by atoms with van der Waals surface area (Å²) in [6.45, 7) is 0. The maximum absolute atomic E-state index is 12.8. The summed E-state index contributed by atoms with van der Waals surface area (Å²) < 4.78 is 148. The average Bonchev–Trinajstić information content (AvgIpc) is 2.18. The van der Waals surface area contributed by atoms with E-state index in [0.717, 1.165) is 0 Å². The zero-order chi connectivity index (χ0) is 16.6. The van der Waals surface area contributed by atoms with Crippen LogP contribution in [0, 0.1) is 3.91 Å². The van der Waals surface area contributed by atoms with Gasteiger partial charge in [-0.1, -0.05) is 0 Å². The van der Waals surface area contributed by atoms with Gasteiger partial charge < -0.3 is 0 Å². The molecular weight excluding hydrogens is 373 g/mol. The second kappa shape index (κ2) is 3.76. The van der Waals surface area contributed by atoms with Crippen LogP contribution < -0.4 is 0 Å². The highest BCUT2D eigenvalue weighted by molar-refractivity contribution is 8.31. The van der Waals surface area contributed by atoms with Gasteiger partial charge in [0.1, 0.15) is 19.7 Å². The highest BCUT2D eigenvalue weighted by atomic mass is 32.3. The Morgan fingerprint density at radius 2 is 1.05 bits per heavy atom. The molecule has 1 fully saturated rings. The van der Waals surface area contributed by atoms with E-state index in [1.54, 1.807) is 0 Å². The van der Waals surface area contributed by atoms with Gasteiger partial charge in [0.05, 0.1) is 3.91 Å². The molecule has 0 aromatic carbocycles. The highest BCUT2D eigenvalue weighted by Crippen LogP contribution is 2.59. The molecule has 1 aliphatic rings. The van der Waals surface area contributed by atoms with Gasteiger partial charge >= 0.3 is 16.0 Å². The van der Waals surface area contributed by atoms with Crippen LogP contribution in [0.1, 0.15) is 0 Å². The van der Waals surface area contributed by atoms with Gasteiger partial charge in [-0.2, -0.15) is 30.7 Å². The van der Waals surface area contributed by atoms with Crippen LogP contribution in [0.3, 0.4) is 0 Å². The first kappa shape index (κ1) is 17.4. The fourth-order valence-electron chi connectivity index (χ4n) is 1.05. The molecular formula is C4F7O6S3-. The lowest BCUT2D eigenvalue weighted by atomic mass is 10.7. The zero-order valence-corrected chi connectivity index (χ0v) is 10.8. The first-order valence-electron chi connectivity index (χ1n) is 3.80. The van der Waals surface area contributed by atoms with E-state index in [2.05, 4.69) is 0 Å². The smallest absolute Gasteiger partial charge is 0.254 e. The van der Waals surface area contributed by atoms with E-state index < -0.39 is 49.4 Å². The lowest BCUT2D eigenvalue weighted by Gasteiger charge is -2.23. The number of halogens is 7. The minimum Gasteiger partial charge on any atom is -0.254 e. The minimum atomic E-state index is -7.45. The Bertz CT molecular complexity index is 697. The normalized spacial score (nSPS) is 28.4. The second-order valence-corrected chi connectivity index (χ2v) is 9.75. The minimum absolute atomic E-state index is 3.96. The van der Waals surface area contributed by atoms with E-state index in [-0.39, 0.29) is 0 Å². The van der Waals surface area contributed by atoms with E-state index in [9.17, 15) is 56.0 Å². The predicted octanol–water partition coefficient (Wildman–Crippen LogP) is 0.397. The highest BCUT2D eigenvalue weighted by Gasteiger charge is 2.80. The molecule has 6 nitrogen and oxygen atoms in total. The summed E-state index contributed by atoms with van der Waals surface area (Å²) in [5.74, 6) is 0. The molecule has 0 radical (unpaired) electrons. The molecule has 0 spiro atoms. The second-order valence-electron chi connectivity index (χ2n) is 3.24. The van der Waals surface area contributed by atoms with Crippen molar-refractivity contribution < 1.29 is 56.0 Å². The molecule has 20 heavy (non-hydrogen) atoms. The Morgan fingerprint density at radius 1 is 0.800 bits per heavy atom. The molecule has 0 unspecified atom stereocenters. The van der Waals surface area contributed by atoms with Crippen molar-refractivity contribution in [2.24, 2.45) is 0 Å². The molecule has 0 amide bonds. The molecule has 0 aromatic rings. The van der Waals surface area contributed by atoms with Gasteiger partial charge in [0, 0.05) is 0 Å². The standard InChI is InChI=1S/C4F7O6S3/c5-2(6)3(7,8)19(14,15)1(18(2,12)13)20(16,17)4(9,10)11/q-1. The van der Waals surface area contributed by atoms with E-state index in [0.29, 0.717) is 0 Å². The summed E-state index contributed by atoms with van der Waals surface area (Å²) in [5.41, 5.74) is -6.68. The third-order valence-electron chi connectivity index (χ3n) is 1.98. The van der Waals surface area contributed by atoms with Gasteiger partial charge in [-0.3, -0.25) is 25.3 Å². The largest absolute Gasteiger partial charge is 0.470 e. The van der Waals surface area contributed by atoms with Crippen molar-refractivity contribution in [3.63, 3.8) is 0 Å². The molecule has 0 aromatic heterocycles. The van der Waals surface area contributed by atoms with Crippen molar-refractivity contribution in [1.82, 2.24) is 0 Å². The molecule has 120 valence electrons. The first-order chi connectivity index (χ1) is 8.37. The van der Waals surface area contributed by atoms with Crippen LogP contribution in [0.15, 0.2) is 0 Å². The number of hydrogen-bond donors (Lipinski definition) is 0. The molecule has 0 bridgehead atoms. The lowest BCUT2D eigenvalue weighted by Crippen LogP contribution is -2.42. The van der Waals surface area contributed by atoms with Gasteiger partial charge in [-0.25, -0.2) is 0 Å². The van der Waals surface area contributed by atoms with E-state index in [1.807, 2.05) is 0 Å².